The molecule has 0 radical (unpaired) electrons. The number of para-hydroxylation sites is 2. The molecule has 12 rings (SSSR count). The van der Waals surface area contributed by atoms with Crippen LogP contribution in [0.3, 0.4) is 0 Å². The molecule has 4 aliphatic rings. The molecule has 0 saturated heterocycles. The van der Waals surface area contributed by atoms with Crippen molar-refractivity contribution in [2.45, 2.75) is 155 Å². The molecular weight excluding hydrogens is 848 g/mol. The average molecular weight is 919 g/mol. The third-order valence-corrected chi connectivity index (χ3v) is 17.7. The van der Waals surface area contributed by atoms with Crippen LogP contribution in [0.4, 0.5) is 34.1 Å². The Bertz CT molecular complexity index is 3470. The molecule has 3 nitrogen and oxygen atoms in total. The van der Waals surface area contributed by atoms with Crippen LogP contribution in [-0.4, -0.2) is 6.71 Å². The molecule has 7 aromatic carbocycles. The van der Waals surface area contributed by atoms with Gasteiger partial charge in [-0.25, -0.2) is 0 Å². The van der Waals surface area contributed by atoms with Gasteiger partial charge < -0.3 is 14.2 Å². The topological polar surface area (TPSA) is 19.6 Å². The van der Waals surface area contributed by atoms with Crippen LogP contribution in [0.5, 0.6) is 0 Å². The zero-order chi connectivity index (χ0) is 49.2. The summed E-state index contributed by atoms with van der Waals surface area (Å²) in [5, 5.41) is 2.30. The Kier molecular flexibility index (Phi) is 9.54. The number of rotatable bonds is 3. The molecule has 0 unspecified atom stereocenters. The van der Waals surface area contributed by atoms with Gasteiger partial charge in [0.15, 0.2) is 0 Å². The van der Waals surface area contributed by atoms with E-state index >= 15 is 0 Å². The molecule has 0 saturated carbocycles. The van der Waals surface area contributed by atoms with Crippen LogP contribution in [0.15, 0.2) is 132 Å². The van der Waals surface area contributed by atoms with E-state index in [4.69, 9.17) is 4.42 Å². The number of fused-ring (bicyclic) bond motifs is 9. The van der Waals surface area contributed by atoms with E-state index in [1.807, 2.05) is 0 Å². The van der Waals surface area contributed by atoms with Gasteiger partial charge in [0, 0.05) is 50.5 Å². The summed E-state index contributed by atoms with van der Waals surface area (Å²) in [6.07, 6.45) is 4.72. The minimum atomic E-state index is -0.117. The molecule has 0 fully saturated rings. The van der Waals surface area contributed by atoms with Gasteiger partial charge >= 0.3 is 0 Å². The highest BCUT2D eigenvalue weighted by Crippen LogP contribution is 2.53. The third kappa shape index (κ3) is 6.74. The van der Waals surface area contributed by atoms with Crippen molar-refractivity contribution in [2.75, 3.05) is 9.80 Å². The van der Waals surface area contributed by atoms with Crippen LogP contribution in [-0.2, 0) is 32.5 Å². The lowest BCUT2D eigenvalue weighted by Gasteiger charge is -2.48. The van der Waals surface area contributed by atoms with Crippen LogP contribution in [0.25, 0.3) is 33.1 Å². The van der Waals surface area contributed by atoms with Crippen LogP contribution >= 0.6 is 0 Å². The minimum Gasteiger partial charge on any atom is -0.455 e. The van der Waals surface area contributed by atoms with Gasteiger partial charge in [0.05, 0.1) is 0 Å². The van der Waals surface area contributed by atoms with E-state index in [1.165, 1.54) is 104 Å². The minimum absolute atomic E-state index is 0.0305. The first-order chi connectivity index (χ1) is 32.9. The predicted molar refractivity (Wildman–Crippen MR) is 301 cm³/mol. The molecule has 2 aliphatic heterocycles. The first kappa shape index (κ1) is 45.2. The number of furan rings is 1. The van der Waals surface area contributed by atoms with Gasteiger partial charge in [-0.1, -0.05) is 170 Å². The Labute approximate surface area is 418 Å². The molecule has 4 heteroatoms. The number of anilines is 6. The zero-order valence-electron chi connectivity index (χ0n) is 44.3. The summed E-state index contributed by atoms with van der Waals surface area (Å²) in [5.41, 5.74) is 24.7. The van der Waals surface area contributed by atoms with Gasteiger partial charge in [0.1, 0.15) is 11.2 Å². The molecule has 0 spiro atoms. The fourth-order valence-electron chi connectivity index (χ4n) is 13.0. The Morgan fingerprint density at radius 1 is 0.443 bits per heavy atom. The average Bonchev–Trinajstić information content (AvgIpc) is 3.70. The standard InChI is InChI=1S/C66H71BN2O/c1-61(2,3)41-24-29-54-52(34-41)67-53-38-50-51(66(13,14)33-32-65(50,11)12)39-55(53)69(44-27-28-48-49(37-44)64(9,10)31-30-63(48,7)8)57-36-42(62(4,5)6)35-56(59(57)67)68(54)43-25-22-40(23-26-43)45-19-17-20-47-46-18-15-16-21-58(46)70-60(45)47/h15-29,34-39H,30-33H2,1-14H3. The van der Waals surface area contributed by atoms with Gasteiger partial charge in [-0.3, -0.25) is 0 Å². The highest BCUT2D eigenvalue weighted by molar-refractivity contribution is 7.00. The molecule has 0 bridgehead atoms. The first-order valence-corrected chi connectivity index (χ1v) is 26.2. The summed E-state index contributed by atoms with van der Waals surface area (Å²) in [4.78, 5) is 5.31. The largest absolute Gasteiger partial charge is 0.455 e. The highest BCUT2D eigenvalue weighted by atomic mass is 16.3. The summed E-state index contributed by atoms with van der Waals surface area (Å²) in [5.74, 6) is 0. The summed E-state index contributed by atoms with van der Waals surface area (Å²) in [6.45, 7) is 34.1. The van der Waals surface area contributed by atoms with E-state index in [-0.39, 0.29) is 39.2 Å². The van der Waals surface area contributed by atoms with Gasteiger partial charge in [-0.15, -0.1) is 0 Å². The third-order valence-electron chi connectivity index (χ3n) is 17.7. The molecule has 0 amide bonds. The van der Waals surface area contributed by atoms with Crippen molar-refractivity contribution in [3.8, 4) is 11.1 Å². The quantitative estimate of drug-likeness (QED) is 0.165. The molecule has 354 valence electrons. The molecule has 1 aromatic heterocycles. The maximum absolute atomic E-state index is 6.58. The van der Waals surface area contributed by atoms with Gasteiger partial charge in [0.25, 0.3) is 6.71 Å². The number of hydrogen-bond acceptors (Lipinski definition) is 3. The van der Waals surface area contributed by atoms with E-state index in [0.29, 0.717) is 0 Å². The summed E-state index contributed by atoms with van der Waals surface area (Å²) < 4.78 is 6.58. The number of benzene rings is 7. The monoisotopic (exact) mass is 919 g/mol. The zero-order valence-corrected chi connectivity index (χ0v) is 44.3. The Morgan fingerprint density at radius 3 is 1.63 bits per heavy atom. The van der Waals surface area contributed by atoms with Crippen molar-refractivity contribution in [3.63, 3.8) is 0 Å². The Hall–Kier alpha value is -6.00. The molecular formula is C66H71BN2O. The molecule has 70 heavy (non-hydrogen) atoms. The van der Waals surface area contributed by atoms with Gasteiger partial charge in [0.2, 0.25) is 0 Å². The normalized spacial score (nSPS) is 18.3. The van der Waals surface area contributed by atoms with E-state index in [0.717, 1.165) is 38.8 Å². The lowest BCUT2D eigenvalue weighted by atomic mass is 9.32. The van der Waals surface area contributed by atoms with E-state index < -0.39 is 0 Å². The van der Waals surface area contributed by atoms with Crippen LogP contribution < -0.4 is 26.2 Å². The Morgan fingerprint density at radius 2 is 0.986 bits per heavy atom. The maximum atomic E-state index is 6.58. The van der Waals surface area contributed by atoms with E-state index in [1.54, 1.807) is 0 Å². The first-order valence-electron chi connectivity index (χ1n) is 26.2. The highest BCUT2D eigenvalue weighted by Gasteiger charge is 2.48. The molecule has 2 aliphatic carbocycles. The Balaban J connectivity index is 1.15. The van der Waals surface area contributed by atoms with Gasteiger partial charge in [-0.05, 0) is 168 Å². The second-order valence-electron chi connectivity index (χ2n) is 26.4. The van der Waals surface area contributed by atoms with Crippen LogP contribution in [0, 0.1) is 0 Å². The molecule has 0 atom stereocenters. The summed E-state index contributed by atoms with van der Waals surface area (Å²) in [6, 6.07) is 49.7. The second kappa shape index (κ2) is 14.8. The van der Waals surface area contributed by atoms with Crippen molar-refractivity contribution in [2.24, 2.45) is 0 Å². The molecule has 0 N–H and O–H groups in total. The fraction of sp³-hybridized carbons (Fsp3) is 0.364. The van der Waals surface area contributed by atoms with Crippen molar-refractivity contribution in [1.82, 2.24) is 0 Å². The van der Waals surface area contributed by atoms with Crippen molar-refractivity contribution >= 4 is 79.2 Å². The lowest BCUT2D eigenvalue weighted by Crippen LogP contribution is -2.62. The number of nitrogens with zero attached hydrogens (tertiary/aromatic N) is 2. The lowest BCUT2D eigenvalue weighted by molar-refractivity contribution is 0.332. The van der Waals surface area contributed by atoms with E-state index in [9.17, 15) is 0 Å². The maximum Gasteiger partial charge on any atom is 0.252 e. The van der Waals surface area contributed by atoms with Crippen molar-refractivity contribution in [1.29, 1.82) is 0 Å². The molecule has 3 heterocycles. The van der Waals surface area contributed by atoms with Crippen molar-refractivity contribution in [3.05, 3.63) is 161 Å². The predicted octanol–water partition coefficient (Wildman–Crippen LogP) is 16.6. The van der Waals surface area contributed by atoms with Gasteiger partial charge in [-0.2, -0.15) is 0 Å². The van der Waals surface area contributed by atoms with Crippen LogP contribution in [0.2, 0.25) is 0 Å². The van der Waals surface area contributed by atoms with Crippen molar-refractivity contribution < 1.29 is 4.42 Å². The SMILES string of the molecule is CC(C)(C)c1ccc2c(c1)B1c3cc4c(cc3N(c3ccc5c(c3)C(C)(C)CCC5(C)C)c3cc(C(C)(C)C)cc(c31)N2c1ccc(-c2cccc3c2oc2ccccc23)cc1)C(C)(C)CCC4(C)C. The fourth-order valence-corrected chi connectivity index (χ4v) is 13.0. The van der Waals surface area contributed by atoms with E-state index in [2.05, 4.69) is 234 Å². The number of hydrogen-bond donors (Lipinski definition) is 0. The summed E-state index contributed by atoms with van der Waals surface area (Å²) >= 11 is 0. The smallest absolute Gasteiger partial charge is 0.252 e. The summed E-state index contributed by atoms with van der Waals surface area (Å²) in [7, 11) is 0. The second-order valence-corrected chi connectivity index (χ2v) is 26.4. The molecule has 8 aromatic rings. The van der Waals surface area contributed by atoms with Crippen LogP contribution in [0.1, 0.15) is 156 Å².